The Morgan fingerprint density at radius 3 is 2.33 bits per heavy atom. The molecular formula is C17H23N3O. The predicted octanol–water partition coefficient (Wildman–Crippen LogP) is 3.59. The number of nitrogens with one attached hydrogen (secondary N) is 1. The van der Waals surface area contributed by atoms with Gasteiger partial charge < -0.3 is 5.32 Å². The molecule has 0 aliphatic heterocycles. The quantitative estimate of drug-likeness (QED) is 0.916. The minimum Gasteiger partial charge on any atom is -0.322 e. The van der Waals surface area contributed by atoms with E-state index in [9.17, 15) is 4.79 Å². The number of carbonyl (C=O) groups excluding carboxylic acids is 1. The van der Waals surface area contributed by atoms with Crippen LogP contribution in [-0.2, 0) is 12.5 Å². The molecule has 1 aromatic heterocycles. The molecule has 1 heterocycles. The number of anilines is 1. The number of hydrogen-bond acceptors (Lipinski definition) is 2. The van der Waals surface area contributed by atoms with E-state index < -0.39 is 0 Å². The third kappa shape index (κ3) is 2.99. The van der Waals surface area contributed by atoms with Gasteiger partial charge in [0.05, 0.1) is 11.3 Å². The number of para-hydroxylation sites is 1. The number of carbonyl (C=O) groups is 1. The molecule has 0 fully saturated rings. The summed E-state index contributed by atoms with van der Waals surface area (Å²) in [5.41, 5.74) is 4.23. The number of rotatable bonds is 2. The Bertz CT molecular complexity index is 678. The topological polar surface area (TPSA) is 46.9 Å². The Hall–Kier alpha value is -2.10. The Labute approximate surface area is 126 Å². The summed E-state index contributed by atoms with van der Waals surface area (Å²) in [7, 11) is 1.85. The molecule has 4 heteroatoms. The molecule has 2 rings (SSSR count). The van der Waals surface area contributed by atoms with Crippen molar-refractivity contribution in [2.24, 2.45) is 7.05 Å². The molecule has 0 aliphatic carbocycles. The highest BCUT2D eigenvalue weighted by molar-refractivity contribution is 6.06. The van der Waals surface area contributed by atoms with Crippen molar-refractivity contribution in [2.45, 2.75) is 40.0 Å². The molecule has 0 radical (unpaired) electrons. The van der Waals surface area contributed by atoms with E-state index in [1.165, 1.54) is 0 Å². The Balaban J connectivity index is 2.37. The number of nitrogens with zero attached hydrogens (tertiary/aromatic N) is 2. The summed E-state index contributed by atoms with van der Waals surface area (Å²) in [6.07, 6.45) is 0. The van der Waals surface area contributed by atoms with E-state index in [1.807, 2.05) is 39.1 Å². The van der Waals surface area contributed by atoms with Crippen molar-refractivity contribution in [3.63, 3.8) is 0 Å². The van der Waals surface area contributed by atoms with Gasteiger partial charge in [-0.15, -0.1) is 0 Å². The van der Waals surface area contributed by atoms with E-state index in [2.05, 4.69) is 37.3 Å². The lowest BCUT2D eigenvalue weighted by Gasteiger charge is -2.23. The highest BCUT2D eigenvalue weighted by atomic mass is 16.1. The minimum absolute atomic E-state index is 0.0249. The molecule has 0 spiro atoms. The summed E-state index contributed by atoms with van der Waals surface area (Å²) >= 11 is 0. The maximum Gasteiger partial charge on any atom is 0.259 e. The zero-order valence-corrected chi connectivity index (χ0v) is 13.6. The fraction of sp³-hybridized carbons (Fsp3) is 0.412. The van der Waals surface area contributed by atoms with Gasteiger partial charge in [-0.2, -0.15) is 5.10 Å². The lowest BCUT2D eigenvalue weighted by molar-refractivity contribution is 0.102. The van der Waals surface area contributed by atoms with E-state index in [0.29, 0.717) is 5.56 Å². The molecule has 1 N–H and O–H groups in total. The Morgan fingerprint density at radius 1 is 1.19 bits per heavy atom. The van der Waals surface area contributed by atoms with Crippen LogP contribution in [-0.4, -0.2) is 15.7 Å². The molecule has 0 atom stereocenters. The van der Waals surface area contributed by atoms with Gasteiger partial charge in [0.2, 0.25) is 0 Å². The van der Waals surface area contributed by atoms with Crippen LogP contribution in [0.1, 0.15) is 48.1 Å². The molecule has 2 aromatic rings. The maximum atomic E-state index is 12.6. The molecule has 0 unspecified atom stereocenters. The highest BCUT2D eigenvalue weighted by Gasteiger charge is 2.21. The van der Waals surface area contributed by atoms with Crippen LogP contribution in [0, 0.1) is 13.8 Å². The summed E-state index contributed by atoms with van der Waals surface area (Å²) in [5.74, 6) is -0.102. The second-order valence-corrected chi connectivity index (χ2v) is 6.42. The van der Waals surface area contributed by atoms with Crippen LogP contribution in [0.5, 0.6) is 0 Å². The van der Waals surface area contributed by atoms with Crippen molar-refractivity contribution in [1.29, 1.82) is 0 Å². The zero-order valence-electron chi connectivity index (χ0n) is 13.6. The summed E-state index contributed by atoms with van der Waals surface area (Å²) in [6.45, 7) is 10.2. The average molecular weight is 285 g/mol. The zero-order chi connectivity index (χ0) is 15.8. The van der Waals surface area contributed by atoms with Crippen LogP contribution in [0.4, 0.5) is 5.69 Å². The van der Waals surface area contributed by atoms with Crippen LogP contribution in [0.15, 0.2) is 24.3 Å². The molecular weight excluding hydrogens is 262 g/mol. The SMILES string of the molecule is Cc1nn(C)c(C)c1C(=O)Nc1ccccc1C(C)(C)C. The van der Waals surface area contributed by atoms with E-state index in [-0.39, 0.29) is 11.3 Å². The van der Waals surface area contributed by atoms with Gasteiger partial charge in [-0.3, -0.25) is 9.48 Å². The van der Waals surface area contributed by atoms with Crippen LogP contribution in [0.2, 0.25) is 0 Å². The molecule has 4 nitrogen and oxygen atoms in total. The number of benzene rings is 1. The van der Waals surface area contributed by atoms with Crippen molar-refractivity contribution in [1.82, 2.24) is 9.78 Å². The van der Waals surface area contributed by atoms with Gasteiger partial charge in [-0.25, -0.2) is 0 Å². The van der Waals surface area contributed by atoms with Gasteiger partial charge in [0.25, 0.3) is 5.91 Å². The van der Waals surface area contributed by atoms with E-state index >= 15 is 0 Å². The number of aromatic nitrogens is 2. The Kier molecular flexibility index (Phi) is 3.90. The van der Waals surface area contributed by atoms with Crippen molar-refractivity contribution < 1.29 is 4.79 Å². The predicted molar refractivity (Wildman–Crippen MR) is 85.8 cm³/mol. The van der Waals surface area contributed by atoms with Gasteiger partial charge in [0.1, 0.15) is 0 Å². The van der Waals surface area contributed by atoms with Crippen LogP contribution in [0.25, 0.3) is 0 Å². The minimum atomic E-state index is -0.102. The fourth-order valence-electron chi connectivity index (χ4n) is 2.53. The molecule has 0 saturated heterocycles. The third-order valence-corrected chi connectivity index (χ3v) is 3.72. The van der Waals surface area contributed by atoms with E-state index in [4.69, 9.17) is 0 Å². The maximum absolute atomic E-state index is 12.6. The number of hydrogen-bond donors (Lipinski definition) is 1. The van der Waals surface area contributed by atoms with Crippen LogP contribution >= 0.6 is 0 Å². The summed E-state index contributed by atoms with van der Waals surface area (Å²) in [4.78, 5) is 12.6. The van der Waals surface area contributed by atoms with Gasteiger partial charge in [-0.05, 0) is 30.9 Å². The number of amides is 1. The molecule has 21 heavy (non-hydrogen) atoms. The van der Waals surface area contributed by atoms with E-state index in [0.717, 1.165) is 22.6 Å². The summed E-state index contributed by atoms with van der Waals surface area (Å²) in [5, 5.41) is 7.34. The van der Waals surface area contributed by atoms with Gasteiger partial charge in [0, 0.05) is 18.4 Å². The van der Waals surface area contributed by atoms with Crippen molar-refractivity contribution in [3.05, 3.63) is 46.8 Å². The standard InChI is InChI=1S/C17H23N3O/c1-11-15(12(2)20(6)19-11)16(21)18-14-10-8-7-9-13(14)17(3,4)5/h7-10H,1-6H3,(H,18,21). The molecule has 112 valence electrons. The largest absolute Gasteiger partial charge is 0.322 e. The molecule has 0 saturated carbocycles. The van der Waals surface area contributed by atoms with Gasteiger partial charge >= 0.3 is 0 Å². The van der Waals surface area contributed by atoms with Gasteiger partial charge in [0.15, 0.2) is 0 Å². The lowest BCUT2D eigenvalue weighted by Crippen LogP contribution is -2.19. The third-order valence-electron chi connectivity index (χ3n) is 3.72. The smallest absolute Gasteiger partial charge is 0.259 e. The highest BCUT2D eigenvalue weighted by Crippen LogP contribution is 2.29. The van der Waals surface area contributed by atoms with Crippen molar-refractivity contribution in [3.8, 4) is 0 Å². The second kappa shape index (κ2) is 5.35. The molecule has 1 aromatic carbocycles. The van der Waals surface area contributed by atoms with Crippen LogP contribution < -0.4 is 5.32 Å². The molecule has 0 bridgehead atoms. The van der Waals surface area contributed by atoms with Gasteiger partial charge in [-0.1, -0.05) is 39.0 Å². The van der Waals surface area contributed by atoms with Crippen LogP contribution in [0.3, 0.4) is 0 Å². The van der Waals surface area contributed by atoms with Crippen molar-refractivity contribution in [2.75, 3.05) is 5.32 Å². The van der Waals surface area contributed by atoms with Crippen molar-refractivity contribution >= 4 is 11.6 Å². The fourth-order valence-corrected chi connectivity index (χ4v) is 2.53. The summed E-state index contributed by atoms with van der Waals surface area (Å²) in [6, 6.07) is 7.93. The second-order valence-electron chi connectivity index (χ2n) is 6.42. The average Bonchev–Trinajstić information content (AvgIpc) is 2.62. The number of aryl methyl sites for hydroxylation is 2. The normalized spacial score (nSPS) is 11.5. The first-order valence-electron chi connectivity index (χ1n) is 7.13. The first-order valence-corrected chi connectivity index (χ1v) is 7.13. The lowest BCUT2D eigenvalue weighted by atomic mass is 9.86. The molecule has 0 aliphatic rings. The first-order chi connectivity index (χ1) is 9.71. The monoisotopic (exact) mass is 285 g/mol. The first kappa shape index (κ1) is 15.3. The summed E-state index contributed by atoms with van der Waals surface area (Å²) < 4.78 is 1.74. The molecule has 1 amide bonds. The van der Waals surface area contributed by atoms with E-state index in [1.54, 1.807) is 4.68 Å². The Morgan fingerprint density at radius 2 is 1.81 bits per heavy atom.